The molecule has 0 bridgehead atoms. The Bertz CT molecular complexity index is 1160. The van der Waals surface area contributed by atoms with Crippen molar-refractivity contribution in [3.63, 3.8) is 0 Å². The Morgan fingerprint density at radius 1 is 1.19 bits per heavy atom. The molecule has 2 amide bonds. The number of aromatic nitrogens is 3. The van der Waals surface area contributed by atoms with Gasteiger partial charge in [-0.1, -0.05) is 29.3 Å². The molecule has 12 heteroatoms. The minimum Gasteiger partial charge on any atom is -0.387 e. The van der Waals surface area contributed by atoms with Crippen LogP contribution in [-0.2, 0) is 4.74 Å². The van der Waals surface area contributed by atoms with Crippen LogP contribution in [0, 0.1) is 0 Å². The summed E-state index contributed by atoms with van der Waals surface area (Å²) < 4.78 is 7.38. The number of nitrogens with one attached hydrogen (secondary N) is 1. The fraction of sp³-hybridized carbons (Fsp3) is 0.350. The molecule has 0 radical (unpaired) electrons. The molecule has 1 aromatic carbocycles. The lowest BCUT2D eigenvalue weighted by Crippen LogP contribution is -2.34. The monoisotopic (exact) mass is 481 g/mol. The SMILES string of the molecule is CN(C)C(=O)Nc1ncnc2c1ccn2[C@@H]1O[C@H]([C@H](O)c2ccc(Cl)c(Cl)c2)[C@@H](O)[C@H]1O. The molecule has 1 aliphatic rings. The van der Waals surface area contributed by atoms with Crippen LogP contribution in [0.4, 0.5) is 10.6 Å². The molecule has 10 nitrogen and oxygen atoms in total. The highest BCUT2D eigenvalue weighted by molar-refractivity contribution is 6.42. The van der Waals surface area contributed by atoms with Gasteiger partial charge in [-0.05, 0) is 23.8 Å². The largest absolute Gasteiger partial charge is 0.387 e. The van der Waals surface area contributed by atoms with Gasteiger partial charge in [0.15, 0.2) is 6.23 Å². The van der Waals surface area contributed by atoms with Gasteiger partial charge in [-0.25, -0.2) is 14.8 Å². The van der Waals surface area contributed by atoms with Crippen molar-refractivity contribution in [1.82, 2.24) is 19.4 Å². The second kappa shape index (κ2) is 8.81. The molecular weight excluding hydrogens is 461 g/mol. The van der Waals surface area contributed by atoms with Crippen LogP contribution in [0.5, 0.6) is 0 Å². The van der Waals surface area contributed by atoms with Crippen LogP contribution in [0.15, 0.2) is 36.8 Å². The highest BCUT2D eigenvalue weighted by Crippen LogP contribution is 2.38. The number of halogens is 2. The molecule has 1 saturated heterocycles. The first-order valence-electron chi connectivity index (χ1n) is 9.63. The Morgan fingerprint density at radius 2 is 1.94 bits per heavy atom. The van der Waals surface area contributed by atoms with Crippen molar-refractivity contribution in [3.05, 3.63) is 52.4 Å². The van der Waals surface area contributed by atoms with E-state index in [-0.39, 0.29) is 16.9 Å². The molecule has 4 rings (SSSR count). The predicted octanol–water partition coefficient (Wildman–Crippen LogP) is 2.18. The van der Waals surface area contributed by atoms with Crippen molar-refractivity contribution < 1.29 is 24.9 Å². The lowest BCUT2D eigenvalue weighted by Gasteiger charge is -2.21. The Kier molecular flexibility index (Phi) is 6.26. The van der Waals surface area contributed by atoms with Crippen LogP contribution in [0.2, 0.25) is 10.0 Å². The average molecular weight is 482 g/mol. The van der Waals surface area contributed by atoms with E-state index in [2.05, 4.69) is 15.3 Å². The van der Waals surface area contributed by atoms with Gasteiger partial charge in [0.2, 0.25) is 0 Å². The summed E-state index contributed by atoms with van der Waals surface area (Å²) in [5.41, 5.74) is 0.750. The Labute approximate surface area is 193 Å². The lowest BCUT2D eigenvalue weighted by molar-refractivity contribution is -0.0848. The fourth-order valence-electron chi connectivity index (χ4n) is 3.55. The number of nitrogens with zero attached hydrogens (tertiary/aromatic N) is 4. The normalized spacial score (nSPS) is 24.0. The maximum atomic E-state index is 12.0. The zero-order valence-corrected chi connectivity index (χ0v) is 18.6. The van der Waals surface area contributed by atoms with Gasteiger partial charge >= 0.3 is 6.03 Å². The molecule has 170 valence electrons. The minimum atomic E-state index is -1.39. The van der Waals surface area contributed by atoms with Crippen molar-refractivity contribution in [1.29, 1.82) is 0 Å². The smallest absolute Gasteiger partial charge is 0.322 e. The molecule has 0 saturated carbocycles. The average Bonchev–Trinajstić information content (AvgIpc) is 3.31. The van der Waals surface area contributed by atoms with E-state index in [0.29, 0.717) is 21.6 Å². The molecule has 0 unspecified atom stereocenters. The summed E-state index contributed by atoms with van der Waals surface area (Å²) in [6, 6.07) is 5.86. The van der Waals surface area contributed by atoms with Crippen LogP contribution in [-0.4, -0.2) is 73.2 Å². The first kappa shape index (κ1) is 22.7. The number of hydrogen-bond donors (Lipinski definition) is 4. The number of aliphatic hydroxyl groups excluding tert-OH is 3. The summed E-state index contributed by atoms with van der Waals surface area (Å²) >= 11 is 12.0. The van der Waals surface area contributed by atoms with Crippen LogP contribution >= 0.6 is 23.2 Å². The quantitative estimate of drug-likeness (QED) is 0.448. The number of rotatable bonds is 4. The van der Waals surface area contributed by atoms with E-state index in [0.717, 1.165) is 0 Å². The van der Waals surface area contributed by atoms with Crippen LogP contribution < -0.4 is 5.32 Å². The summed E-state index contributed by atoms with van der Waals surface area (Å²) in [7, 11) is 3.20. The summed E-state index contributed by atoms with van der Waals surface area (Å²) in [5, 5.41) is 35.8. The highest BCUT2D eigenvalue weighted by Gasteiger charge is 2.47. The van der Waals surface area contributed by atoms with E-state index in [4.69, 9.17) is 27.9 Å². The number of carbonyl (C=O) groups is 1. The Balaban J connectivity index is 1.63. The molecule has 1 fully saturated rings. The first-order valence-corrected chi connectivity index (χ1v) is 10.4. The number of aliphatic hydroxyl groups is 3. The van der Waals surface area contributed by atoms with Gasteiger partial charge in [0, 0.05) is 20.3 Å². The molecule has 2 aromatic heterocycles. The molecule has 4 N–H and O–H groups in total. The number of hydrogen-bond acceptors (Lipinski definition) is 7. The maximum Gasteiger partial charge on any atom is 0.322 e. The van der Waals surface area contributed by atoms with E-state index >= 15 is 0 Å². The zero-order valence-electron chi connectivity index (χ0n) is 17.1. The Morgan fingerprint density at radius 3 is 2.62 bits per heavy atom. The number of amides is 2. The van der Waals surface area contributed by atoms with E-state index < -0.39 is 30.6 Å². The third kappa shape index (κ3) is 4.01. The van der Waals surface area contributed by atoms with Crippen molar-refractivity contribution >= 4 is 46.1 Å². The molecule has 32 heavy (non-hydrogen) atoms. The van der Waals surface area contributed by atoms with Gasteiger partial charge in [-0.2, -0.15) is 0 Å². The number of carbonyl (C=O) groups excluding carboxylic acids is 1. The molecule has 0 aliphatic carbocycles. The topological polar surface area (TPSA) is 133 Å². The number of anilines is 1. The third-order valence-corrected chi connectivity index (χ3v) is 6.03. The van der Waals surface area contributed by atoms with Gasteiger partial charge in [-0.3, -0.25) is 5.32 Å². The molecular formula is C20H21Cl2N5O5. The van der Waals surface area contributed by atoms with E-state index in [1.807, 2.05) is 0 Å². The van der Waals surface area contributed by atoms with Crippen LogP contribution in [0.25, 0.3) is 11.0 Å². The Hall–Kier alpha value is -2.47. The van der Waals surface area contributed by atoms with Crippen molar-refractivity contribution in [2.75, 3.05) is 19.4 Å². The lowest BCUT2D eigenvalue weighted by atomic mass is 9.99. The van der Waals surface area contributed by atoms with Crippen LogP contribution in [0.3, 0.4) is 0 Å². The van der Waals surface area contributed by atoms with E-state index in [1.165, 1.54) is 27.9 Å². The van der Waals surface area contributed by atoms with Gasteiger partial charge in [-0.15, -0.1) is 0 Å². The van der Waals surface area contributed by atoms with Crippen molar-refractivity contribution in [2.24, 2.45) is 0 Å². The van der Waals surface area contributed by atoms with Gasteiger partial charge in [0.1, 0.15) is 42.2 Å². The van der Waals surface area contributed by atoms with Gasteiger partial charge < -0.3 is 29.5 Å². The number of urea groups is 1. The summed E-state index contributed by atoms with van der Waals surface area (Å²) in [6.07, 6.45) is -3.34. The molecule has 3 heterocycles. The minimum absolute atomic E-state index is 0.244. The first-order chi connectivity index (χ1) is 15.2. The number of ether oxygens (including phenoxy) is 1. The molecule has 5 atom stereocenters. The second-order valence-electron chi connectivity index (χ2n) is 7.60. The van der Waals surface area contributed by atoms with Crippen LogP contribution in [0.1, 0.15) is 17.9 Å². The molecule has 0 spiro atoms. The summed E-state index contributed by atoms with van der Waals surface area (Å²) in [5.74, 6) is 0.285. The standard InChI is InChI=1S/C20H21Cl2N5O5/c1-26(2)20(31)25-17-10-5-6-27(18(10)24-8-23-17)19-15(30)14(29)16(32-19)13(28)9-3-4-11(21)12(22)7-9/h3-8,13-16,19,28-30H,1-2H3,(H,23,24,25,31)/t13-,14+,15-,16-,19-/m1/s1. The highest BCUT2D eigenvalue weighted by atomic mass is 35.5. The second-order valence-corrected chi connectivity index (χ2v) is 8.41. The number of fused-ring (bicyclic) bond motifs is 1. The third-order valence-electron chi connectivity index (χ3n) is 5.29. The summed E-state index contributed by atoms with van der Waals surface area (Å²) in [4.78, 5) is 21.7. The predicted molar refractivity (Wildman–Crippen MR) is 118 cm³/mol. The molecule has 3 aromatic rings. The summed E-state index contributed by atoms with van der Waals surface area (Å²) in [6.45, 7) is 0. The number of benzene rings is 1. The van der Waals surface area contributed by atoms with Crippen molar-refractivity contribution in [2.45, 2.75) is 30.6 Å². The molecule has 1 aliphatic heterocycles. The van der Waals surface area contributed by atoms with E-state index in [1.54, 1.807) is 32.4 Å². The van der Waals surface area contributed by atoms with Crippen molar-refractivity contribution in [3.8, 4) is 0 Å². The maximum absolute atomic E-state index is 12.0. The van der Waals surface area contributed by atoms with Gasteiger partial charge in [0.25, 0.3) is 0 Å². The van der Waals surface area contributed by atoms with E-state index in [9.17, 15) is 20.1 Å². The fourth-order valence-corrected chi connectivity index (χ4v) is 3.86. The zero-order chi connectivity index (χ0) is 23.2. The van der Waals surface area contributed by atoms with Gasteiger partial charge in [0.05, 0.1) is 15.4 Å².